The number of hydrogen-bond acceptors (Lipinski definition) is 3. The second-order valence-electron chi connectivity index (χ2n) is 9.97. The van der Waals surface area contributed by atoms with Gasteiger partial charge in [0.2, 0.25) is 5.91 Å². The highest BCUT2D eigenvalue weighted by Crippen LogP contribution is 2.56. The van der Waals surface area contributed by atoms with E-state index < -0.39 is 5.54 Å². The molecule has 4 fully saturated rings. The van der Waals surface area contributed by atoms with Crippen molar-refractivity contribution in [1.29, 1.82) is 5.26 Å². The van der Waals surface area contributed by atoms with E-state index in [1.54, 1.807) is 4.90 Å². The maximum Gasteiger partial charge on any atom is 0.314 e. The quantitative estimate of drug-likeness (QED) is 0.774. The van der Waals surface area contributed by atoms with Crippen LogP contribution in [0.15, 0.2) is 0 Å². The third-order valence-electron chi connectivity index (χ3n) is 8.41. The van der Waals surface area contributed by atoms with Gasteiger partial charge in [0, 0.05) is 18.5 Å². The number of nitrogens with one attached hydrogen (secondary N) is 1. The molecule has 1 unspecified atom stereocenters. The lowest BCUT2D eigenvalue weighted by Gasteiger charge is -2.47. The highest BCUT2D eigenvalue weighted by Gasteiger charge is 2.53. The number of piperidine rings is 1. The van der Waals surface area contributed by atoms with Gasteiger partial charge in [0.25, 0.3) is 0 Å². The molecule has 6 nitrogen and oxygen atoms in total. The third kappa shape index (κ3) is 3.49. The van der Waals surface area contributed by atoms with Crippen molar-refractivity contribution < 1.29 is 9.59 Å². The molecular weight excluding hydrogens is 352 g/mol. The first-order chi connectivity index (χ1) is 13.4. The zero-order valence-electron chi connectivity index (χ0n) is 17.0. The van der Waals surface area contributed by atoms with E-state index in [2.05, 4.69) is 11.4 Å². The van der Waals surface area contributed by atoms with Crippen molar-refractivity contribution in [3.8, 4) is 6.07 Å². The molecule has 0 aromatic carbocycles. The Balaban J connectivity index is 1.49. The Labute approximate surface area is 168 Å². The van der Waals surface area contributed by atoms with Crippen LogP contribution in [0, 0.1) is 28.1 Å². The van der Waals surface area contributed by atoms with Gasteiger partial charge in [0.05, 0.1) is 6.07 Å². The molecule has 1 spiro atoms. The van der Waals surface area contributed by atoms with Crippen LogP contribution < -0.4 is 11.1 Å². The Kier molecular flexibility index (Phi) is 5.05. The SMILES string of the molecule is N#CC1(NC(=O)C2(CC3CCCC34CCN(C(N)=O)CC4)CCCCC2)CC1. The van der Waals surface area contributed by atoms with Gasteiger partial charge < -0.3 is 16.0 Å². The van der Waals surface area contributed by atoms with Crippen molar-refractivity contribution in [3.63, 3.8) is 0 Å². The molecule has 0 aromatic rings. The lowest BCUT2D eigenvalue weighted by atomic mass is 9.61. The van der Waals surface area contributed by atoms with E-state index in [-0.39, 0.29) is 22.8 Å². The van der Waals surface area contributed by atoms with Gasteiger partial charge in [-0.2, -0.15) is 5.26 Å². The fourth-order valence-electron chi connectivity index (χ4n) is 6.32. The fourth-order valence-corrected chi connectivity index (χ4v) is 6.32. The molecule has 1 aliphatic heterocycles. The lowest BCUT2D eigenvalue weighted by molar-refractivity contribution is -0.135. The summed E-state index contributed by atoms with van der Waals surface area (Å²) in [5.74, 6) is 0.687. The smallest absolute Gasteiger partial charge is 0.314 e. The number of hydrogen-bond donors (Lipinski definition) is 2. The summed E-state index contributed by atoms with van der Waals surface area (Å²) in [5, 5.41) is 12.6. The van der Waals surface area contributed by atoms with Crippen LogP contribution in [-0.4, -0.2) is 35.5 Å². The average molecular weight is 387 g/mol. The van der Waals surface area contributed by atoms with E-state index in [0.717, 1.165) is 70.9 Å². The number of nitrogens with two attached hydrogens (primary N) is 1. The van der Waals surface area contributed by atoms with Crippen molar-refractivity contribution >= 4 is 11.9 Å². The van der Waals surface area contributed by atoms with Crippen LogP contribution in [0.3, 0.4) is 0 Å². The van der Waals surface area contributed by atoms with E-state index in [4.69, 9.17) is 5.73 Å². The van der Waals surface area contributed by atoms with Crippen LogP contribution in [0.25, 0.3) is 0 Å². The molecule has 4 rings (SSSR count). The molecule has 1 atom stereocenters. The van der Waals surface area contributed by atoms with Crippen LogP contribution in [0.4, 0.5) is 4.79 Å². The number of primary amides is 1. The van der Waals surface area contributed by atoms with Crippen LogP contribution in [0.1, 0.15) is 83.5 Å². The molecule has 3 aliphatic carbocycles. The third-order valence-corrected chi connectivity index (χ3v) is 8.41. The van der Waals surface area contributed by atoms with Crippen molar-refractivity contribution in [1.82, 2.24) is 10.2 Å². The van der Waals surface area contributed by atoms with Gasteiger partial charge in [-0.3, -0.25) is 4.79 Å². The summed E-state index contributed by atoms with van der Waals surface area (Å²) in [6.07, 6.45) is 13.5. The van der Waals surface area contributed by atoms with E-state index in [9.17, 15) is 14.9 Å². The minimum Gasteiger partial charge on any atom is -0.351 e. The second kappa shape index (κ2) is 7.24. The van der Waals surface area contributed by atoms with E-state index >= 15 is 0 Å². The summed E-state index contributed by atoms with van der Waals surface area (Å²) in [6.45, 7) is 1.51. The van der Waals surface area contributed by atoms with Crippen LogP contribution in [-0.2, 0) is 4.79 Å². The number of carbonyl (C=O) groups excluding carboxylic acids is 2. The topological polar surface area (TPSA) is 99.2 Å². The molecule has 0 bridgehead atoms. The van der Waals surface area contributed by atoms with Crippen molar-refractivity contribution in [2.24, 2.45) is 22.5 Å². The number of nitrogens with zero attached hydrogens (tertiary/aromatic N) is 2. The molecule has 3 saturated carbocycles. The van der Waals surface area contributed by atoms with Crippen molar-refractivity contribution in [2.45, 2.75) is 89.0 Å². The number of urea groups is 1. The normalized spacial score (nSPS) is 29.8. The zero-order chi connectivity index (χ0) is 19.8. The summed E-state index contributed by atoms with van der Waals surface area (Å²) in [6, 6.07) is 2.02. The van der Waals surface area contributed by atoms with Gasteiger partial charge in [-0.25, -0.2) is 4.79 Å². The maximum atomic E-state index is 13.4. The van der Waals surface area contributed by atoms with Crippen molar-refractivity contribution in [2.75, 3.05) is 13.1 Å². The molecule has 3 amide bonds. The van der Waals surface area contributed by atoms with Gasteiger partial charge in [0.1, 0.15) is 5.54 Å². The van der Waals surface area contributed by atoms with Gasteiger partial charge in [-0.1, -0.05) is 25.7 Å². The molecule has 0 radical (unpaired) electrons. The molecule has 4 aliphatic rings. The molecule has 3 N–H and O–H groups in total. The molecule has 154 valence electrons. The first-order valence-electron chi connectivity index (χ1n) is 11.2. The monoisotopic (exact) mass is 386 g/mol. The summed E-state index contributed by atoms with van der Waals surface area (Å²) < 4.78 is 0. The molecule has 1 saturated heterocycles. The minimum absolute atomic E-state index is 0.142. The lowest BCUT2D eigenvalue weighted by Crippen LogP contribution is -2.50. The number of carbonyl (C=O) groups is 2. The predicted octanol–water partition coefficient (Wildman–Crippen LogP) is 3.46. The Hall–Kier alpha value is -1.77. The summed E-state index contributed by atoms with van der Waals surface area (Å²) >= 11 is 0. The molecule has 0 aromatic heterocycles. The van der Waals surface area contributed by atoms with Gasteiger partial charge >= 0.3 is 6.03 Å². The van der Waals surface area contributed by atoms with Crippen LogP contribution in [0.2, 0.25) is 0 Å². The molecule has 28 heavy (non-hydrogen) atoms. The number of nitriles is 1. The van der Waals surface area contributed by atoms with Gasteiger partial charge in [0.15, 0.2) is 0 Å². The first-order valence-corrected chi connectivity index (χ1v) is 11.2. The predicted molar refractivity (Wildman–Crippen MR) is 106 cm³/mol. The second-order valence-corrected chi connectivity index (χ2v) is 9.97. The summed E-state index contributed by atoms with van der Waals surface area (Å²) in [5.41, 5.74) is 4.87. The standard InChI is InChI=1S/C22H34N4O2/c23-16-22(9-10-22)25-18(27)21(6-2-1-3-7-21)15-17-5-4-8-20(17)11-13-26(14-12-20)19(24)28/h17H,1-15H2,(H2,24,28)(H,25,27). The van der Waals surface area contributed by atoms with Gasteiger partial charge in [-0.15, -0.1) is 0 Å². The number of amides is 3. The Morgan fingerprint density at radius 1 is 1.00 bits per heavy atom. The highest BCUT2D eigenvalue weighted by molar-refractivity contribution is 5.84. The Morgan fingerprint density at radius 3 is 2.25 bits per heavy atom. The van der Waals surface area contributed by atoms with E-state index in [0.29, 0.717) is 5.92 Å². The highest BCUT2D eigenvalue weighted by atomic mass is 16.2. The summed E-state index contributed by atoms with van der Waals surface area (Å²) in [4.78, 5) is 26.7. The molecule has 1 heterocycles. The average Bonchev–Trinajstić information content (AvgIpc) is 3.39. The molecule has 6 heteroatoms. The Morgan fingerprint density at radius 2 is 1.68 bits per heavy atom. The largest absolute Gasteiger partial charge is 0.351 e. The van der Waals surface area contributed by atoms with E-state index in [1.807, 2.05) is 0 Å². The van der Waals surface area contributed by atoms with E-state index in [1.165, 1.54) is 25.7 Å². The van der Waals surface area contributed by atoms with Crippen molar-refractivity contribution in [3.05, 3.63) is 0 Å². The van der Waals surface area contributed by atoms with Gasteiger partial charge in [-0.05, 0) is 69.1 Å². The summed E-state index contributed by atoms with van der Waals surface area (Å²) in [7, 11) is 0. The number of rotatable bonds is 4. The zero-order valence-corrected chi connectivity index (χ0v) is 17.0. The maximum absolute atomic E-state index is 13.4. The Bertz CT molecular complexity index is 665. The first kappa shape index (κ1) is 19.5. The van der Waals surface area contributed by atoms with Crippen LogP contribution in [0.5, 0.6) is 0 Å². The fraction of sp³-hybridized carbons (Fsp3) is 0.864. The number of likely N-dealkylation sites (tertiary alicyclic amines) is 1. The molecular formula is C22H34N4O2. The minimum atomic E-state index is -0.582. The van der Waals surface area contributed by atoms with Crippen LogP contribution >= 0.6 is 0 Å².